The zero-order valence-corrected chi connectivity index (χ0v) is 12.6. The zero-order valence-electron chi connectivity index (χ0n) is 12.6. The number of carbonyl (C=O) groups is 1. The number of aryl methyl sites for hydroxylation is 1. The summed E-state index contributed by atoms with van der Waals surface area (Å²) in [6.45, 7) is 6.25. The summed E-state index contributed by atoms with van der Waals surface area (Å²) in [5, 5.41) is 9.19. The number of ether oxygens (including phenoxy) is 1. The summed E-state index contributed by atoms with van der Waals surface area (Å²) in [5.41, 5.74) is 2.32. The molecular weight excluding hydrogens is 254 g/mol. The van der Waals surface area contributed by atoms with E-state index in [1.165, 1.54) is 11.1 Å². The third-order valence-corrected chi connectivity index (χ3v) is 3.94. The first-order valence-electron chi connectivity index (χ1n) is 6.98. The number of carboxylic acids is 1. The summed E-state index contributed by atoms with van der Waals surface area (Å²) in [6.07, 6.45) is 1.96. The highest BCUT2D eigenvalue weighted by Gasteiger charge is 2.35. The highest BCUT2D eigenvalue weighted by Crippen LogP contribution is 2.40. The molecule has 2 rings (SSSR count). The van der Waals surface area contributed by atoms with Crippen LogP contribution in [0.4, 0.5) is 0 Å². The molecule has 0 aliphatic heterocycles. The Bertz CT molecular complexity index is 505. The van der Waals surface area contributed by atoms with Gasteiger partial charge in [-0.1, -0.05) is 6.07 Å². The molecule has 0 saturated carbocycles. The van der Waals surface area contributed by atoms with Gasteiger partial charge in [0.25, 0.3) is 0 Å². The Morgan fingerprint density at radius 1 is 1.45 bits per heavy atom. The monoisotopic (exact) mass is 277 g/mol. The Balaban J connectivity index is 2.36. The van der Waals surface area contributed by atoms with Crippen LogP contribution in [0.5, 0.6) is 5.75 Å². The van der Waals surface area contributed by atoms with Gasteiger partial charge < -0.3 is 9.84 Å². The number of nitrogens with zero attached hydrogens (tertiary/aromatic N) is 1. The van der Waals surface area contributed by atoms with Crippen LogP contribution in [0.1, 0.15) is 44.4 Å². The average Bonchev–Trinajstić information content (AvgIpc) is 2.76. The fourth-order valence-electron chi connectivity index (χ4n) is 2.97. The third kappa shape index (κ3) is 2.96. The van der Waals surface area contributed by atoms with Crippen LogP contribution in [0.3, 0.4) is 0 Å². The standard InChI is InChI=1S/C16H23NO3/c1-16(2,3)17(10-15(18)19)14-8-6-11-5-7-12(20-4)9-13(11)14/h5,7,9,14H,6,8,10H2,1-4H3,(H,18,19). The molecule has 20 heavy (non-hydrogen) atoms. The highest BCUT2D eigenvalue weighted by molar-refractivity contribution is 5.69. The molecule has 0 heterocycles. The van der Waals surface area contributed by atoms with E-state index >= 15 is 0 Å². The van der Waals surface area contributed by atoms with E-state index in [4.69, 9.17) is 4.74 Å². The van der Waals surface area contributed by atoms with Gasteiger partial charge in [-0.3, -0.25) is 9.69 Å². The topological polar surface area (TPSA) is 49.8 Å². The van der Waals surface area contributed by atoms with Crippen LogP contribution in [0.15, 0.2) is 18.2 Å². The maximum Gasteiger partial charge on any atom is 0.317 e. The lowest BCUT2D eigenvalue weighted by atomic mass is 9.98. The summed E-state index contributed by atoms with van der Waals surface area (Å²) in [7, 11) is 1.66. The second-order valence-electron chi connectivity index (χ2n) is 6.31. The van der Waals surface area contributed by atoms with Gasteiger partial charge in [0.15, 0.2) is 0 Å². The van der Waals surface area contributed by atoms with Gasteiger partial charge >= 0.3 is 5.97 Å². The van der Waals surface area contributed by atoms with Crippen LogP contribution < -0.4 is 4.74 Å². The fourth-order valence-corrected chi connectivity index (χ4v) is 2.97. The minimum absolute atomic E-state index is 0.0603. The van der Waals surface area contributed by atoms with Crippen LogP contribution in [-0.2, 0) is 11.2 Å². The Morgan fingerprint density at radius 2 is 2.15 bits per heavy atom. The van der Waals surface area contributed by atoms with Gasteiger partial charge in [0, 0.05) is 11.6 Å². The second-order valence-corrected chi connectivity index (χ2v) is 6.31. The minimum Gasteiger partial charge on any atom is -0.497 e. The van der Waals surface area contributed by atoms with Crippen molar-refractivity contribution >= 4 is 5.97 Å². The first-order chi connectivity index (χ1) is 9.32. The van der Waals surface area contributed by atoms with Crippen LogP contribution in [0, 0.1) is 0 Å². The van der Waals surface area contributed by atoms with Crippen molar-refractivity contribution in [3.8, 4) is 5.75 Å². The summed E-state index contributed by atoms with van der Waals surface area (Å²) < 4.78 is 5.30. The highest BCUT2D eigenvalue weighted by atomic mass is 16.5. The van der Waals surface area contributed by atoms with Gasteiger partial charge in [-0.25, -0.2) is 0 Å². The van der Waals surface area contributed by atoms with Crippen molar-refractivity contribution in [1.82, 2.24) is 4.90 Å². The quantitative estimate of drug-likeness (QED) is 0.919. The van der Waals surface area contributed by atoms with Crippen LogP contribution >= 0.6 is 0 Å². The fraction of sp³-hybridized carbons (Fsp3) is 0.562. The number of benzene rings is 1. The molecule has 110 valence electrons. The zero-order chi connectivity index (χ0) is 14.9. The number of hydrogen-bond acceptors (Lipinski definition) is 3. The van der Waals surface area contributed by atoms with Crippen molar-refractivity contribution in [3.63, 3.8) is 0 Å². The maximum absolute atomic E-state index is 11.2. The van der Waals surface area contributed by atoms with E-state index in [9.17, 15) is 9.90 Å². The summed E-state index contributed by atoms with van der Waals surface area (Å²) in [6, 6.07) is 6.26. The molecule has 4 nitrogen and oxygen atoms in total. The van der Waals surface area contributed by atoms with Crippen molar-refractivity contribution in [2.45, 2.75) is 45.2 Å². The Morgan fingerprint density at radius 3 is 2.70 bits per heavy atom. The molecule has 0 fully saturated rings. The summed E-state index contributed by atoms with van der Waals surface area (Å²) in [5.74, 6) is 0.0519. The molecule has 0 saturated heterocycles. The number of rotatable bonds is 4. The van der Waals surface area contributed by atoms with Crippen molar-refractivity contribution in [1.29, 1.82) is 0 Å². The van der Waals surface area contributed by atoms with E-state index in [-0.39, 0.29) is 18.1 Å². The Labute approximate surface area is 120 Å². The van der Waals surface area contributed by atoms with Crippen molar-refractivity contribution in [2.24, 2.45) is 0 Å². The number of fused-ring (bicyclic) bond motifs is 1. The summed E-state index contributed by atoms with van der Waals surface area (Å²) >= 11 is 0. The number of carboxylic acid groups (broad SMARTS) is 1. The average molecular weight is 277 g/mol. The molecule has 1 aromatic rings. The number of hydrogen-bond donors (Lipinski definition) is 1. The molecule has 1 aliphatic carbocycles. The molecule has 1 N–H and O–H groups in total. The lowest BCUT2D eigenvalue weighted by Crippen LogP contribution is -2.46. The minimum atomic E-state index is -0.781. The Kier molecular flexibility index (Phi) is 4.04. The van der Waals surface area contributed by atoms with E-state index in [1.807, 2.05) is 12.1 Å². The van der Waals surface area contributed by atoms with Crippen molar-refractivity contribution in [2.75, 3.05) is 13.7 Å². The molecule has 4 heteroatoms. The molecule has 1 aliphatic rings. The predicted octanol–water partition coefficient (Wildman–Crippen LogP) is 2.87. The van der Waals surface area contributed by atoms with Gasteiger partial charge in [-0.05, 0) is 56.9 Å². The molecular formula is C16H23NO3. The Hall–Kier alpha value is -1.55. The van der Waals surface area contributed by atoms with Gasteiger partial charge in [0.1, 0.15) is 5.75 Å². The molecule has 1 aromatic carbocycles. The van der Waals surface area contributed by atoms with Crippen LogP contribution in [-0.4, -0.2) is 35.2 Å². The third-order valence-electron chi connectivity index (χ3n) is 3.94. The number of methoxy groups -OCH3 is 1. The SMILES string of the molecule is COc1ccc2c(c1)C(N(CC(=O)O)C(C)(C)C)CC2. The molecule has 0 bridgehead atoms. The molecule has 1 atom stereocenters. The van der Waals surface area contributed by atoms with Gasteiger partial charge in [0.05, 0.1) is 13.7 Å². The number of aliphatic carboxylic acids is 1. The largest absolute Gasteiger partial charge is 0.497 e. The second kappa shape index (κ2) is 5.44. The van der Waals surface area contributed by atoms with E-state index in [2.05, 4.69) is 31.7 Å². The molecule has 1 unspecified atom stereocenters. The summed E-state index contributed by atoms with van der Waals surface area (Å²) in [4.78, 5) is 13.3. The maximum atomic E-state index is 11.2. The molecule has 0 radical (unpaired) electrons. The van der Waals surface area contributed by atoms with Gasteiger partial charge in [0.2, 0.25) is 0 Å². The van der Waals surface area contributed by atoms with Gasteiger partial charge in [-0.2, -0.15) is 0 Å². The molecule has 0 spiro atoms. The van der Waals surface area contributed by atoms with Crippen LogP contribution in [0.2, 0.25) is 0 Å². The smallest absolute Gasteiger partial charge is 0.317 e. The van der Waals surface area contributed by atoms with Crippen LogP contribution in [0.25, 0.3) is 0 Å². The molecule has 0 aromatic heterocycles. The first-order valence-corrected chi connectivity index (χ1v) is 6.98. The van der Waals surface area contributed by atoms with Crippen molar-refractivity contribution in [3.05, 3.63) is 29.3 Å². The van der Waals surface area contributed by atoms with Crippen molar-refractivity contribution < 1.29 is 14.6 Å². The normalized spacial score (nSPS) is 18.1. The lowest BCUT2D eigenvalue weighted by molar-refractivity contribution is -0.140. The van der Waals surface area contributed by atoms with E-state index in [1.54, 1.807) is 7.11 Å². The lowest BCUT2D eigenvalue weighted by Gasteiger charge is -2.39. The van der Waals surface area contributed by atoms with Gasteiger partial charge in [-0.15, -0.1) is 0 Å². The molecule has 0 amide bonds. The van der Waals surface area contributed by atoms with E-state index < -0.39 is 5.97 Å². The predicted molar refractivity (Wildman–Crippen MR) is 78.2 cm³/mol. The van der Waals surface area contributed by atoms with E-state index in [0.29, 0.717) is 0 Å². The van der Waals surface area contributed by atoms with E-state index in [0.717, 1.165) is 18.6 Å². The first kappa shape index (κ1) is 14.9.